The van der Waals surface area contributed by atoms with Crippen LogP contribution >= 0.6 is 11.6 Å². The first-order valence-corrected chi connectivity index (χ1v) is 7.01. The molecule has 7 heteroatoms. The van der Waals surface area contributed by atoms with E-state index in [1.807, 2.05) is 0 Å². The largest absolute Gasteiger partial charge is 0.457 e. The van der Waals surface area contributed by atoms with E-state index < -0.39 is 0 Å². The first-order valence-electron chi connectivity index (χ1n) is 6.47. The second-order valence-corrected chi connectivity index (χ2v) is 4.56. The molecule has 0 fully saturated rings. The Balaban J connectivity index is 2.12. The number of alkyl halides is 1. The second kappa shape index (κ2) is 7.42. The molecule has 1 aromatic carbocycles. The lowest BCUT2D eigenvalue weighted by atomic mass is 10.3. The summed E-state index contributed by atoms with van der Waals surface area (Å²) in [6.07, 6.45) is 1.51. The van der Waals surface area contributed by atoms with Crippen molar-refractivity contribution in [2.45, 2.75) is 0 Å². The van der Waals surface area contributed by atoms with E-state index in [0.717, 1.165) is 0 Å². The Morgan fingerprint density at radius 1 is 1.32 bits per heavy atom. The number of carbonyl (C=O) groups is 1. The van der Waals surface area contributed by atoms with Gasteiger partial charge in [0.25, 0.3) is 5.91 Å². The van der Waals surface area contributed by atoms with E-state index >= 15 is 0 Å². The highest BCUT2D eigenvalue weighted by Gasteiger charge is 2.06. The Kier molecular flexibility index (Phi) is 5.32. The molecule has 1 heterocycles. The highest BCUT2D eigenvalue weighted by molar-refractivity contribution is 6.28. The Hall–Kier alpha value is -2.60. The summed E-state index contributed by atoms with van der Waals surface area (Å²) in [5.41, 5.74) is 6.54. The van der Waals surface area contributed by atoms with Gasteiger partial charge in [-0.15, -0.1) is 11.6 Å². The summed E-state index contributed by atoms with van der Waals surface area (Å²) < 4.78 is 5.67. The Bertz CT molecular complexity index is 686. The number of nitrogens with one attached hydrogen (secondary N) is 1. The van der Waals surface area contributed by atoms with Crippen LogP contribution in [0.2, 0.25) is 0 Å². The smallest absolute Gasteiger partial charge is 0.269 e. The average Bonchev–Trinajstić information content (AvgIpc) is 2.56. The number of nitrogens with two attached hydrogens (primary N) is 1. The van der Waals surface area contributed by atoms with Gasteiger partial charge in [-0.1, -0.05) is 0 Å². The van der Waals surface area contributed by atoms with Crippen molar-refractivity contribution >= 4 is 29.0 Å². The lowest BCUT2D eigenvalue weighted by Gasteiger charge is -2.07. The summed E-state index contributed by atoms with van der Waals surface area (Å²) in [4.78, 5) is 19.6. The van der Waals surface area contributed by atoms with Gasteiger partial charge in [0.05, 0.1) is 11.6 Å². The molecule has 0 bridgehead atoms. The number of aliphatic imine (C=N–C) groups is 1. The van der Waals surface area contributed by atoms with Gasteiger partial charge < -0.3 is 15.8 Å². The zero-order valence-electron chi connectivity index (χ0n) is 11.9. The molecule has 0 spiro atoms. The molecule has 2 rings (SSSR count). The first kappa shape index (κ1) is 15.8. The molecule has 114 valence electrons. The fourth-order valence-electron chi connectivity index (χ4n) is 1.65. The van der Waals surface area contributed by atoms with Gasteiger partial charge in [0, 0.05) is 19.3 Å². The molecular formula is C15H15ClN4O2. The fraction of sp³-hybridized carbons (Fsp3) is 0.133. The number of rotatable bonds is 5. The molecule has 2 aromatic rings. The first-order chi connectivity index (χ1) is 10.6. The summed E-state index contributed by atoms with van der Waals surface area (Å²) in [7, 11) is 1.54. The van der Waals surface area contributed by atoms with Gasteiger partial charge in [0.1, 0.15) is 23.0 Å². The van der Waals surface area contributed by atoms with Crippen molar-refractivity contribution < 1.29 is 9.53 Å². The minimum absolute atomic E-state index is 0.178. The number of pyridine rings is 1. The van der Waals surface area contributed by atoms with E-state index in [9.17, 15) is 4.79 Å². The van der Waals surface area contributed by atoms with E-state index in [2.05, 4.69) is 15.3 Å². The van der Waals surface area contributed by atoms with Gasteiger partial charge >= 0.3 is 0 Å². The molecule has 1 amide bonds. The molecule has 0 atom stereocenters. The lowest BCUT2D eigenvalue weighted by molar-refractivity contribution is 0.0958. The standard InChI is InChI=1S/C15H15ClN4O2/c1-18-15(21)13-8-12(6-7-19-13)22-11-4-2-10(3-5-11)20-14(17)9-16/h2-8H,9H2,1H3,(H2,17,20)(H,18,21). The minimum atomic E-state index is -0.272. The number of nitrogens with zero attached hydrogens (tertiary/aromatic N) is 2. The molecule has 0 radical (unpaired) electrons. The predicted molar refractivity (Wildman–Crippen MR) is 86.1 cm³/mol. The van der Waals surface area contributed by atoms with Gasteiger partial charge in [-0.25, -0.2) is 4.99 Å². The maximum absolute atomic E-state index is 11.5. The number of amides is 1. The average molecular weight is 319 g/mol. The molecule has 0 saturated carbocycles. The molecule has 0 aliphatic rings. The van der Waals surface area contributed by atoms with Crippen LogP contribution < -0.4 is 15.8 Å². The third kappa shape index (κ3) is 4.20. The molecule has 0 unspecified atom stereocenters. The van der Waals surface area contributed by atoms with Crippen LogP contribution in [0.4, 0.5) is 5.69 Å². The number of hydrogen-bond donors (Lipinski definition) is 2. The van der Waals surface area contributed by atoms with Crippen molar-refractivity contribution in [1.82, 2.24) is 10.3 Å². The zero-order chi connectivity index (χ0) is 15.9. The van der Waals surface area contributed by atoms with Crippen LogP contribution in [0, 0.1) is 0 Å². The van der Waals surface area contributed by atoms with Crippen molar-refractivity contribution in [3.8, 4) is 11.5 Å². The molecule has 6 nitrogen and oxygen atoms in total. The molecule has 0 saturated heterocycles. The van der Waals surface area contributed by atoms with Gasteiger partial charge in [-0.05, 0) is 30.3 Å². The number of ether oxygens (including phenoxy) is 1. The number of halogens is 1. The normalized spacial score (nSPS) is 11.1. The lowest BCUT2D eigenvalue weighted by Crippen LogP contribution is -2.18. The Labute approximate surface area is 133 Å². The molecule has 3 N–H and O–H groups in total. The van der Waals surface area contributed by atoms with Gasteiger partial charge in [0.2, 0.25) is 0 Å². The highest BCUT2D eigenvalue weighted by atomic mass is 35.5. The number of amidine groups is 1. The monoisotopic (exact) mass is 318 g/mol. The fourth-order valence-corrected chi connectivity index (χ4v) is 1.71. The van der Waals surface area contributed by atoms with Crippen molar-refractivity contribution in [3.63, 3.8) is 0 Å². The van der Waals surface area contributed by atoms with Crippen molar-refractivity contribution in [2.75, 3.05) is 12.9 Å². The van der Waals surface area contributed by atoms with Crippen LogP contribution in [-0.4, -0.2) is 29.7 Å². The summed E-state index contributed by atoms with van der Waals surface area (Å²) in [6.45, 7) is 0. The van der Waals surface area contributed by atoms with Crippen molar-refractivity contribution in [2.24, 2.45) is 10.7 Å². The van der Waals surface area contributed by atoms with Crippen LogP contribution in [0.3, 0.4) is 0 Å². The molecule has 0 aliphatic heterocycles. The Morgan fingerprint density at radius 3 is 2.68 bits per heavy atom. The van der Waals surface area contributed by atoms with Gasteiger partial charge in [-0.2, -0.15) is 0 Å². The summed E-state index contributed by atoms with van der Waals surface area (Å²) in [6, 6.07) is 10.3. The third-order valence-electron chi connectivity index (χ3n) is 2.67. The van der Waals surface area contributed by atoms with Crippen molar-refractivity contribution in [3.05, 3.63) is 48.3 Å². The van der Waals surface area contributed by atoms with Crippen LogP contribution in [0.5, 0.6) is 11.5 Å². The maximum atomic E-state index is 11.5. The Morgan fingerprint density at radius 2 is 2.05 bits per heavy atom. The van der Waals surface area contributed by atoms with E-state index in [1.54, 1.807) is 43.4 Å². The van der Waals surface area contributed by atoms with Crippen LogP contribution in [0.15, 0.2) is 47.6 Å². The second-order valence-electron chi connectivity index (χ2n) is 4.29. The summed E-state index contributed by atoms with van der Waals surface area (Å²) >= 11 is 5.57. The zero-order valence-corrected chi connectivity index (χ0v) is 12.7. The predicted octanol–water partition coefficient (Wildman–Crippen LogP) is 2.46. The number of benzene rings is 1. The van der Waals surface area contributed by atoms with Gasteiger partial charge in [-0.3, -0.25) is 9.78 Å². The van der Waals surface area contributed by atoms with Crippen LogP contribution in [-0.2, 0) is 0 Å². The number of hydrogen-bond acceptors (Lipinski definition) is 4. The van der Waals surface area contributed by atoms with E-state index in [-0.39, 0.29) is 17.5 Å². The SMILES string of the molecule is CNC(=O)c1cc(Oc2ccc(N=C(N)CCl)cc2)ccn1. The van der Waals surface area contributed by atoms with Gasteiger partial charge in [0.15, 0.2) is 0 Å². The van der Waals surface area contributed by atoms with Crippen LogP contribution in [0.1, 0.15) is 10.5 Å². The molecule has 0 aliphatic carbocycles. The molecule has 22 heavy (non-hydrogen) atoms. The van der Waals surface area contributed by atoms with Crippen LogP contribution in [0.25, 0.3) is 0 Å². The molecule has 1 aromatic heterocycles. The molecular weight excluding hydrogens is 304 g/mol. The van der Waals surface area contributed by atoms with E-state index in [0.29, 0.717) is 23.0 Å². The topological polar surface area (TPSA) is 89.6 Å². The van der Waals surface area contributed by atoms with E-state index in [4.69, 9.17) is 22.1 Å². The van der Waals surface area contributed by atoms with E-state index in [1.165, 1.54) is 6.20 Å². The highest BCUT2D eigenvalue weighted by Crippen LogP contribution is 2.24. The quantitative estimate of drug-likeness (QED) is 0.503. The summed E-state index contributed by atoms with van der Waals surface area (Å²) in [5.74, 6) is 1.38. The third-order valence-corrected chi connectivity index (χ3v) is 2.95. The minimum Gasteiger partial charge on any atom is -0.457 e. The number of carbonyl (C=O) groups excluding carboxylic acids is 1. The maximum Gasteiger partial charge on any atom is 0.269 e. The number of aromatic nitrogens is 1. The summed E-state index contributed by atoms with van der Waals surface area (Å²) in [5, 5.41) is 2.51. The van der Waals surface area contributed by atoms with Crippen molar-refractivity contribution in [1.29, 1.82) is 0 Å².